The molecule has 0 unspecified atom stereocenters. The van der Waals surface area contributed by atoms with E-state index in [2.05, 4.69) is 20.7 Å². The number of anilines is 1. The summed E-state index contributed by atoms with van der Waals surface area (Å²) in [6, 6.07) is 17.8. The van der Waals surface area contributed by atoms with Crippen molar-refractivity contribution in [3.63, 3.8) is 0 Å². The maximum atomic E-state index is 12.1. The number of benzene rings is 2. The van der Waals surface area contributed by atoms with E-state index in [0.29, 0.717) is 5.16 Å². The first-order valence-corrected chi connectivity index (χ1v) is 10.3. The molecule has 0 atom stereocenters. The van der Waals surface area contributed by atoms with Crippen molar-refractivity contribution in [1.29, 1.82) is 0 Å². The largest absolute Gasteiger partial charge is 0.378 e. The Bertz CT molecular complexity index is 967. The summed E-state index contributed by atoms with van der Waals surface area (Å²) in [5, 5.41) is 13.3. The highest BCUT2D eigenvalue weighted by atomic mass is 32.2. The van der Waals surface area contributed by atoms with E-state index in [9.17, 15) is 4.79 Å². The van der Waals surface area contributed by atoms with Crippen molar-refractivity contribution >= 4 is 29.6 Å². The normalized spacial score (nSPS) is 11.0. The maximum Gasteiger partial charge on any atom is 0.250 e. The van der Waals surface area contributed by atoms with Crippen LogP contribution in [0.25, 0.3) is 11.4 Å². The summed E-state index contributed by atoms with van der Waals surface area (Å²) in [5.74, 6) is 0.822. The van der Waals surface area contributed by atoms with Crippen molar-refractivity contribution < 1.29 is 4.79 Å². The first kappa shape index (κ1) is 20.6. The summed E-state index contributed by atoms with van der Waals surface area (Å²) in [6.45, 7) is 2.76. The third-order valence-electron chi connectivity index (χ3n) is 4.21. The molecule has 29 heavy (non-hydrogen) atoms. The standard InChI is InChI=1S/C21H24N6OS/c1-4-27-20(17-8-6-5-7-9-17)24-25-21(27)29-15-19(28)23-22-14-16-10-12-18(13-11-16)26(2)3/h5-14H,4,15H2,1-3H3,(H,23,28)/b22-14-. The van der Waals surface area contributed by atoms with Gasteiger partial charge >= 0.3 is 0 Å². The number of hydrazone groups is 1. The van der Waals surface area contributed by atoms with Crippen LogP contribution >= 0.6 is 11.8 Å². The Morgan fingerprint density at radius 1 is 1.14 bits per heavy atom. The predicted molar refractivity (Wildman–Crippen MR) is 118 cm³/mol. The zero-order chi connectivity index (χ0) is 20.6. The molecule has 0 aliphatic carbocycles. The van der Waals surface area contributed by atoms with E-state index in [1.807, 2.05) is 85.1 Å². The van der Waals surface area contributed by atoms with Gasteiger partial charge in [-0.3, -0.25) is 4.79 Å². The fraction of sp³-hybridized carbons (Fsp3) is 0.238. The zero-order valence-electron chi connectivity index (χ0n) is 16.7. The van der Waals surface area contributed by atoms with Gasteiger partial charge < -0.3 is 9.47 Å². The van der Waals surface area contributed by atoms with Crippen LogP contribution in [0.2, 0.25) is 0 Å². The molecule has 0 spiro atoms. The quantitative estimate of drug-likeness (QED) is 0.352. The van der Waals surface area contributed by atoms with Crippen LogP contribution in [0.5, 0.6) is 0 Å². The molecule has 0 bridgehead atoms. The number of carbonyl (C=O) groups excluding carboxylic acids is 1. The second kappa shape index (κ2) is 9.88. The lowest BCUT2D eigenvalue weighted by Crippen LogP contribution is -2.20. The van der Waals surface area contributed by atoms with E-state index in [1.54, 1.807) is 6.21 Å². The van der Waals surface area contributed by atoms with Gasteiger partial charge in [-0.05, 0) is 24.6 Å². The molecule has 0 saturated heterocycles. The van der Waals surface area contributed by atoms with Crippen molar-refractivity contribution in [2.75, 3.05) is 24.7 Å². The highest BCUT2D eigenvalue weighted by molar-refractivity contribution is 7.99. The molecule has 3 rings (SSSR count). The van der Waals surface area contributed by atoms with E-state index in [0.717, 1.165) is 29.2 Å². The Morgan fingerprint density at radius 3 is 2.52 bits per heavy atom. The van der Waals surface area contributed by atoms with Gasteiger partial charge in [0.15, 0.2) is 11.0 Å². The Morgan fingerprint density at radius 2 is 1.86 bits per heavy atom. The second-order valence-corrected chi connectivity index (χ2v) is 7.43. The fourth-order valence-corrected chi connectivity index (χ4v) is 3.48. The summed E-state index contributed by atoms with van der Waals surface area (Å²) in [7, 11) is 3.98. The Hall–Kier alpha value is -3.13. The minimum absolute atomic E-state index is 0.192. The zero-order valence-corrected chi connectivity index (χ0v) is 17.6. The lowest BCUT2D eigenvalue weighted by molar-refractivity contribution is -0.118. The average Bonchev–Trinajstić information content (AvgIpc) is 3.16. The lowest BCUT2D eigenvalue weighted by atomic mass is 10.2. The molecule has 8 heteroatoms. The van der Waals surface area contributed by atoms with Crippen LogP contribution in [0.4, 0.5) is 5.69 Å². The number of amides is 1. The molecular weight excluding hydrogens is 384 g/mol. The van der Waals surface area contributed by atoms with Crippen LogP contribution in [0.3, 0.4) is 0 Å². The fourth-order valence-electron chi connectivity index (χ4n) is 2.68. The molecule has 0 fully saturated rings. The van der Waals surface area contributed by atoms with Gasteiger partial charge in [-0.15, -0.1) is 10.2 Å². The molecule has 0 aliphatic heterocycles. The van der Waals surface area contributed by atoms with Crippen LogP contribution < -0.4 is 10.3 Å². The molecule has 1 amide bonds. The Labute approximate surface area is 174 Å². The van der Waals surface area contributed by atoms with E-state index in [1.165, 1.54) is 11.8 Å². The highest BCUT2D eigenvalue weighted by Crippen LogP contribution is 2.23. The van der Waals surface area contributed by atoms with E-state index >= 15 is 0 Å². The van der Waals surface area contributed by atoms with Crippen molar-refractivity contribution in [2.24, 2.45) is 5.10 Å². The molecule has 150 valence electrons. The lowest BCUT2D eigenvalue weighted by Gasteiger charge is -2.11. The van der Waals surface area contributed by atoms with Crippen LogP contribution in [0.1, 0.15) is 12.5 Å². The average molecular weight is 409 g/mol. The number of carbonyl (C=O) groups is 1. The van der Waals surface area contributed by atoms with Gasteiger partial charge in [-0.25, -0.2) is 5.43 Å². The van der Waals surface area contributed by atoms with Gasteiger partial charge in [-0.2, -0.15) is 5.10 Å². The van der Waals surface area contributed by atoms with Crippen LogP contribution in [0, 0.1) is 0 Å². The number of hydrogen-bond donors (Lipinski definition) is 1. The van der Waals surface area contributed by atoms with Crippen LogP contribution in [-0.2, 0) is 11.3 Å². The second-order valence-electron chi connectivity index (χ2n) is 6.48. The smallest absolute Gasteiger partial charge is 0.250 e. The minimum atomic E-state index is -0.192. The van der Waals surface area contributed by atoms with Gasteiger partial charge in [0.1, 0.15) is 0 Å². The van der Waals surface area contributed by atoms with Crippen molar-refractivity contribution in [3.05, 3.63) is 60.2 Å². The molecule has 1 N–H and O–H groups in total. The van der Waals surface area contributed by atoms with Gasteiger partial charge in [0.25, 0.3) is 5.91 Å². The third-order valence-corrected chi connectivity index (χ3v) is 5.18. The van der Waals surface area contributed by atoms with Gasteiger partial charge in [0, 0.05) is 31.9 Å². The molecule has 1 aromatic heterocycles. The minimum Gasteiger partial charge on any atom is -0.378 e. The van der Waals surface area contributed by atoms with Crippen LogP contribution in [-0.4, -0.2) is 46.7 Å². The summed E-state index contributed by atoms with van der Waals surface area (Å²) in [4.78, 5) is 14.1. The Balaban J connectivity index is 1.55. The molecule has 0 radical (unpaired) electrons. The van der Waals surface area contributed by atoms with Crippen LogP contribution in [0.15, 0.2) is 64.9 Å². The molecule has 0 aliphatic rings. The number of aromatic nitrogens is 3. The predicted octanol–water partition coefficient (Wildman–Crippen LogP) is 3.27. The summed E-state index contributed by atoms with van der Waals surface area (Å²) in [5.41, 5.74) is 5.59. The first-order chi connectivity index (χ1) is 14.1. The number of hydrogen-bond acceptors (Lipinski definition) is 6. The van der Waals surface area contributed by atoms with Crippen molar-refractivity contribution in [2.45, 2.75) is 18.6 Å². The van der Waals surface area contributed by atoms with Crippen molar-refractivity contribution in [1.82, 2.24) is 20.2 Å². The van der Waals surface area contributed by atoms with E-state index in [-0.39, 0.29) is 11.7 Å². The number of rotatable bonds is 8. The number of nitrogens with zero attached hydrogens (tertiary/aromatic N) is 5. The van der Waals surface area contributed by atoms with E-state index < -0.39 is 0 Å². The summed E-state index contributed by atoms with van der Waals surface area (Å²) >= 11 is 1.34. The third kappa shape index (κ3) is 5.45. The summed E-state index contributed by atoms with van der Waals surface area (Å²) in [6.07, 6.45) is 1.63. The maximum absolute atomic E-state index is 12.1. The number of nitrogens with one attached hydrogen (secondary N) is 1. The highest BCUT2D eigenvalue weighted by Gasteiger charge is 2.14. The van der Waals surface area contributed by atoms with Gasteiger partial charge in [-0.1, -0.05) is 54.2 Å². The molecule has 1 heterocycles. The summed E-state index contributed by atoms with van der Waals surface area (Å²) < 4.78 is 2.00. The van der Waals surface area contributed by atoms with Crippen molar-refractivity contribution in [3.8, 4) is 11.4 Å². The SMILES string of the molecule is CCn1c(SCC(=O)N/N=C\c2ccc(N(C)C)cc2)nnc1-c1ccccc1. The van der Waals surface area contributed by atoms with E-state index in [4.69, 9.17) is 0 Å². The van der Waals surface area contributed by atoms with Gasteiger partial charge in [0.2, 0.25) is 0 Å². The molecule has 0 saturated carbocycles. The number of thioether (sulfide) groups is 1. The molecule has 7 nitrogen and oxygen atoms in total. The topological polar surface area (TPSA) is 75.4 Å². The molecule has 2 aromatic carbocycles. The molecule has 3 aromatic rings. The monoisotopic (exact) mass is 408 g/mol. The Kier molecular flexibility index (Phi) is 7.02. The van der Waals surface area contributed by atoms with Gasteiger partial charge in [0.05, 0.1) is 12.0 Å². The molecular formula is C21H24N6OS. The first-order valence-electron chi connectivity index (χ1n) is 9.29.